The van der Waals surface area contributed by atoms with E-state index in [2.05, 4.69) is 30.1 Å². The topological polar surface area (TPSA) is 36.1 Å². The largest absolute Gasteiger partial charge is 0.361 e. The highest BCUT2D eigenvalue weighted by molar-refractivity contribution is 8.00. The Bertz CT molecular complexity index is 886. The lowest BCUT2D eigenvalue weighted by Gasteiger charge is -2.22. The van der Waals surface area contributed by atoms with Gasteiger partial charge in [-0.05, 0) is 30.2 Å². The number of fused-ring (bicyclic) bond motifs is 2. The molecule has 0 saturated carbocycles. The molecule has 122 valence electrons. The minimum Gasteiger partial charge on any atom is -0.361 e. The highest BCUT2D eigenvalue weighted by Crippen LogP contribution is 2.37. The number of aromatic nitrogens is 1. The number of H-pyrrole nitrogens is 1. The molecule has 0 aliphatic carbocycles. The number of nitrogens with one attached hydrogen (secondary N) is 1. The standard InChI is InChI=1S/C20H20N2OS/c1-14-10-11-22(18-8-4-5-9-19(18)24-14)20(23)12-15-13-21-17-7-3-2-6-16(15)17/h2-9,13-14,21H,10-12H2,1H3/t14-/m0/s1. The van der Waals surface area contributed by atoms with Gasteiger partial charge in [0.05, 0.1) is 12.1 Å². The molecular weight excluding hydrogens is 316 g/mol. The van der Waals surface area contributed by atoms with Gasteiger partial charge < -0.3 is 9.88 Å². The van der Waals surface area contributed by atoms with Crippen LogP contribution in [-0.4, -0.2) is 22.7 Å². The van der Waals surface area contributed by atoms with Gasteiger partial charge in [-0.2, -0.15) is 0 Å². The van der Waals surface area contributed by atoms with Gasteiger partial charge in [0.25, 0.3) is 0 Å². The van der Waals surface area contributed by atoms with Crippen molar-refractivity contribution in [3.63, 3.8) is 0 Å². The van der Waals surface area contributed by atoms with Crippen molar-refractivity contribution in [2.45, 2.75) is 29.9 Å². The Balaban J connectivity index is 1.64. The molecule has 0 saturated heterocycles. The minimum absolute atomic E-state index is 0.168. The van der Waals surface area contributed by atoms with Crippen LogP contribution in [0.5, 0.6) is 0 Å². The minimum atomic E-state index is 0.168. The molecule has 1 aromatic heterocycles. The molecule has 1 aliphatic heterocycles. The van der Waals surface area contributed by atoms with Crippen LogP contribution in [0, 0.1) is 0 Å². The lowest BCUT2D eigenvalue weighted by molar-refractivity contribution is -0.118. The molecule has 0 radical (unpaired) electrons. The third-order valence-corrected chi connectivity index (χ3v) is 5.80. The van der Waals surface area contributed by atoms with Gasteiger partial charge in [-0.15, -0.1) is 11.8 Å². The average Bonchev–Trinajstić information content (AvgIpc) is 2.91. The van der Waals surface area contributed by atoms with Crippen LogP contribution in [0.1, 0.15) is 18.9 Å². The summed E-state index contributed by atoms with van der Waals surface area (Å²) in [5, 5.41) is 1.66. The number of nitrogens with zero attached hydrogens (tertiary/aromatic N) is 1. The average molecular weight is 336 g/mol. The number of rotatable bonds is 2. The molecule has 1 amide bonds. The monoisotopic (exact) mass is 336 g/mol. The molecule has 2 aromatic carbocycles. The summed E-state index contributed by atoms with van der Waals surface area (Å²) in [6.45, 7) is 3.02. The number of para-hydroxylation sites is 2. The zero-order chi connectivity index (χ0) is 16.5. The third kappa shape index (κ3) is 2.82. The lowest BCUT2D eigenvalue weighted by Crippen LogP contribution is -2.33. The van der Waals surface area contributed by atoms with E-state index in [9.17, 15) is 4.79 Å². The normalized spacial score (nSPS) is 17.5. The van der Waals surface area contributed by atoms with E-state index in [1.807, 2.05) is 53.2 Å². The van der Waals surface area contributed by atoms with Crippen molar-refractivity contribution in [2.75, 3.05) is 11.4 Å². The molecular formula is C20H20N2OS. The van der Waals surface area contributed by atoms with Gasteiger partial charge in [0.1, 0.15) is 0 Å². The number of hydrogen-bond donors (Lipinski definition) is 1. The SMILES string of the molecule is C[C@H]1CCN(C(=O)Cc2c[nH]c3ccccc23)c2ccccc2S1. The molecule has 4 rings (SSSR count). The number of anilines is 1. The fraction of sp³-hybridized carbons (Fsp3) is 0.250. The van der Waals surface area contributed by atoms with E-state index in [0.717, 1.165) is 35.1 Å². The van der Waals surface area contributed by atoms with Crippen molar-refractivity contribution >= 4 is 34.3 Å². The van der Waals surface area contributed by atoms with E-state index >= 15 is 0 Å². The number of carbonyl (C=O) groups excluding carboxylic acids is 1. The van der Waals surface area contributed by atoms with Gasteiger partial charge >= 0.3 is 0 Å². The van der Waals surface area contributed by atoms with E-state index in [0.29, 0.717) is 11.7 Å². The second-order valence-electron chi connectivity index (χ2n) is 6.27. The Kier molecular flexibility index (Phi) is 4.07. The molecule has 1 atom stereocenters. The number of hydrogen-bond acceptors (Lipinski definition) is 2. The van der Waals surface area contributed by atoms with Crippen molar-refractivity contribution in [2.24, 2.45) is 0 Å². The smallest absolute Gasteiger partial charge is 0.231 e. The van der Waals surface area contributed by atoms with Gasteiger partial charge in [-0.25, -0.2) is 0 Å². The highest BCUT2D eigenvalue weighted by Gasteiger charge is 2.24. The van der Waals surface area contributed by atoms with Crippen LogP contribution in [0.4, 0.5) is 5.69 Å². The van der Waals surface area contributed by atoms with E-state index in [-0.39, 0.29) is 5.91 Å². The Hall–Kier alpha value is -2.20. The maximum atomic E-state index is 13.0. The zero-order valence-electron chi connectivity index (χ0n) is 13.7. The molecule has 1 N–H and O–H groups in total. The summed E-state index contributed by atoms with van der Waals surface area (Å²) in [6.07, 6.45) is 3.40. The van der Waals surface area contributed by atoms with Gasteiger partial charge in [-0.3, -0.25) is 4.79 Å². The van der Waals surface area contributed by atoms with E-state index in [1.165, 1.54) is 4.90 Å². The summed E-state index contributed by atoms with van der Waals surface area (Å²) in [4.78, 5) is 19.5. The quantitative estimate of drug-likeness (QED) is 0.741. The van der Waals surface area contributed by atoms with Crippen molar-refractivity contribution in [1.82, 2.24) is 4.98 Å². The fourth-order valence-electron chi connectivity index (χ4n) is 3.28. The van der Waals surface area contributed by atoms with Crippen molar-refractivity contribution in [1.29, 1.82) is 0 Å². The molecule has 3 nitrogen and oxygen atoms in total. The first-order valence-corrected chi connectivity index (χ1v) is 9.21. The maximum absolute atomic E-state index is 13.0. The number of thioether (sulfide) groups is 1. The summed E-state index contributed by atoms with van der Waals surface area (Å²) in [6, 6.07) is 16.4. The molecule has 1 aliphatic rings. The van der Waals surface area contributed by atoms with Crippen LogP contribution in [-0.2, 0) is 11.2 Å². The second kappa shape index (κ2) is 6.36. The fourth-order valence-corrected chi connectivity index (χ4v) is 4.39. The zero-order valence-corrected chi connectivity index (χ0v) is 14.5. The van der Waals surface area contributed by atoms with Gasteiger partial charge in [0.2, 0.25) is 5.91 Å². The first kappa shape index (κ1) is 15.3. The highest BCUT2D eigenvalue weighted by atomic mass is 32.2. The molecule has 24 heavy (non-hydrogen) atoms. The Morgan fingerprint density at radius 3 is 2.92 bits per heavy atom. The summed E-state index contributed by atoms with van der Waals surface area (Å²) in [7, 11) is 0. The van der Waals surface area contributed by atoms with Crippen molar-refractivity contribution < 1.29 is 4.79 Å². The molecule has 4 heteroatoms. The summed E-state index contributed by atoms with van der Waals surface area (Å²) in [5.41, 5.74) is 3.20. The Morgan fingerprint density at radius 2 is 2.00 bits per heavy atom. The van der Waals surface area contributed by atoms with Crippen LogP contribution < -0.4 is 4.90 Å². The maximum Gasteiger partial charge on any atom is 0.231 e. The molecule has 3 aromatic rings. The van der Waals surface area contributed by atoms with Gasteiger partial charge in [-0.1, -0.05) is 37.3 Å². The lowest BCUT2D eigenvalue weighted by atomic mass is 10.1. The first-order valence-electron chi connectivity index (χ1n) is 8.33. The van der Waals surface area contributed by atoms with E-state index < -0.39 is 0 Å². The Labute approximate surface area is 146 Å². The van der Waals surface area contributed by atoms with Crippen molar-refractivity contribution in [3.05, 3.63) is 60.3 Å². The van der Waals surface area contributed by atoms with E-state index in [1.54, 1.807) is 0 Å². The molecule has 0 unspecified atom stereocenters. The summed E-state index contributed by atoms with van der Waals surface area (Å²) in [5.74, 6) is 0.168. The van der Waals surface area contributed by atoms with Crippen LogP contribution in [0.15, 0.2) is 59.6 Å². The summed E-state index contributed by atoms with van der Waals surface area (Å²) < 4.78 is 0. The van der Waals surface area contributed by atoms with Crippen molar-refractivity contribution in [3.8, 4) is 0 Å². The van der Waals surface area contributed by atoms with Gasteiger partial charge in [0.15, 0.2) is 0 Å². The van der Waals surface area contributed by atoms with Gasteiger partial charge in [0, 0.05) is 33.8 Å². The molecule has 0 bridgehead atoms. The third-order valence-electron chi connectivity index (χ3n) is 4.56. The molecule has 2 heterocycles. The van der Waals surface area contributed by atoms with Crippen LogP contribution in [0.2, 0.25) is 0 Å². The number of amides is 1. The number of benzene rings is 2. The predicted octanol–water partition coefficient (Wildman–Crippen LogP) is 4.63. The Morgan fingerprint density at radius 1 is 1.21 bits per heavy atom. The number of aromatic amines is 1. The predicted molar refractivity (Wildman–Crippen MR) is 101 cm³/mol. The van der Waals surface area contributed by atoms with Crippen LogP contribution in [0.3, 0.4) is 0 Å². The summed E-state index contributed by atoms with van der Waals surface area (Å²) >= 11 is 1.86. The van der Waals surface area contributed by atoms with Crippen LogP contribution in [0.25, 0.3) is 10.9 Å². The molecule has 0 spiro atoms. The number of carbonyl (C=O) groups is 1. The molecule has 0 fully saturated rings. The second-order valence-corrected chi connectivity index (χ2v) is 7.75. The van der Waals surface area contributed by atoms with Crippen LogP contribution >= 0.6 is 11.8 Å². The van der Waals surface area contributed by atoms with E-state index in [4.69, 9.17) is 0 Å². The first-order chi connectivity index (χ1) is 11.7.